The van der Waals surface area contributed by atoms with Crippen molar-refractivity contribution in [1.82, 2.24) is 4.90 Å². The predicted octanol–water partition coefficient (Wildman–Crippen LogP) is 2.66. The van der Waals surface area contributed by atoms with E-state index < -0.39 is 0 Å². The molecule has 0 saturated carbocycles. The molecular formula is C17H17FN4O2S. The number of rotatable bonds is 7. The van der Waals surface area contributed by atoms with Crippen molar-refractivity contribution in [3.8, 4) is 6.07 Å². The molecule has 1 aromatic heterocycles. The molecule has 2 N–H and O–H groups in total. The second kappa shape index (κ2) is 8.92. The molecule has 25 heavy (non-hydrogen) atoms. The van der Waals surface area contributed by atoms with E-state index in [0.717, 1.165) is 0 Å². The zero-order valence-electron chi connectivity index (χ0n) is 13.6. The maximum Gasteiger partial charge on any atom is 0.238 e. The van der Waals surface area contributed by atoms with Gasteiger partial charge < -0.3 is 10.6 Å². The molecular weight excluding hydrogens is 343 g/mol. The maximum atomic E-state index is 12.8. The first kappa shape index (κ1) is 18.6. The molecule has 0 atom stereocenters. The Kier molecular flexibility index (Phi) is 6.62. The van der Waals surface area contributed by atoms with Crippen molar-refractivity contribution in [3.63, 3.8) is 0 Å². The fourth-order valence-electron chi connectivity index (χ4n) is 2.03. The number of carbonyl (C=O) groups is 2. The molecule has 2 aromatic rings. The van der Waals surface area contributed by atoms with Crippen LogP contribution in [-0.4, -0.2) is 36.9 Å². The molecule has 6 nitrogen and oxygen atoms in total. The Morgan fingerprint density at radius 2 is 1.92 bits per heavy atom. The summed E-state index contributed by atoms with van der Waals surface area (Å²) in [6, 6.07) is 9.15. The van der Waals surface area contributed by atoms with Gasteiger partial charge >= 0.3 is 0 Å². The van der Waals surface area contributed by atoms with Crippen LogP contribution in [0.25, 0.3) is 0 Å². The van der Waals surface area contributed by atoms with Crippen LogP contribution in [0, 0.1) is 17.1 Å². The van der Waals surface area contributed by atoms with E-state index in [1.54, 1.807) is 23.4 Å². The number of nitrogens with zero attached hydrogens (tertiary/aromatic N) is 2. The van der Waals surface area contributed by atoms with Gasteiger partial charge in [-0.15, -0.1) is 11.3 Å². The minimum atomic E-state index is -0.369. The summed E-state index contributed by atoms with van der Waals surface area (Å²) >= 11 is 1.29. The SMILES string of the molecule is CN(CCC(=O)Nc1sccc1C#N)CC(=O)Nc1ccc(F)cc1. The summed E-state index contributed by atoms with van der Waals surface area (Å²) in [7, 11) is 1.73. The third-order valence-corrected chi connectivity index (χ3v) is 4.13. The molecule has 0 saturated heterocycles. The second-order valence-electron chi connectivity index (χ2n) is 5.37. The lowest BCUT2D eigenvalue weighted by Gasteiger charge is -2.16. The second-order valence-corrected chi connectivity index (χ2v) is 6.28. The Hall–Kier alpha value is -2.76. The monoisotopic (exact) mass is 360 g/mol. The van der Waals surface area contributed by atoms with Crippen LogP contribution in [-0.2, 0) is 9.59 Å². The number of amides is 2. The molecule has 2 rings (SSSR count). The van der Waals surface area contributed by atoms with Gasteiger partial charge in [-0.1, -0.05) is 0 Å². The first-order chi connectivity index (χ1) is 12.0. The molecule has 2 amide bonds. The number of halogens is 1. The van der Waals surface area contributed by atoms with Crippen LogP contribution in [0.3, 0.4) is 0 Å². The van der Waals surface area contributed by atoms with Crippen molar-refractivity contribution < 1.29 is 14.0 Å². The van der Waals surface area contributed by atoms with E-state index in [1.165, 1.54) is 35.6 Å². The highest BCUT2D eigenvalue weighted by molar-refractivity contribution is 7.14. The molecule has 0 aliphatic rings. The topological polar surface area (TPSA) is 85.2 Å². The lowest BCUT2D eigenvalue weighted by Crippen LogP contribution is -2.32. The number of benzene rings is 1. The Morgan fingerprint density at radius 3 is 2.60 bits per heavy atom. The fraction of sp³-hybridized carbons (Fsp3) is 0.235. The smallest absolute Gasteiger partial charge is 0.238 e. The highest BCUT2D eigenvalue weighted by Gasteiger charge is 2.11. The Morgan fingerprint density at radius 1 is 1.20 bits per heavy atom. The van der Waals surface area contributed by atoms with Gasteiger partial charge in [-0.2, -0.15) is 5.26 Å². The largest absolute Gasteiger partial charge is 0.325 e. The molecule has 1 heterocycles. The van der Waals surface area contributed by atoms with Crippen molar-refractivity contribution >= 4 is 33.8 Å². The number of nitriles is 1. The minimum absolute atomic E-state index is 0.104. The normalized spacial score (nSPS) is 10.3. The van der Waals surface area contributed by atoms with Crippen molar-refractivity contribution in [2.45, 2.75) is 6.42 Å². The molecule has 0 aliphatic heterocycles. The average molecular weight is 360 g/mol. The van der Waals surface area contributed by atoms with Crippen LogP contribution in [0.4, 0.5) is 15.1 Å². The van der Waals surface area contributed by atoms with E-state index in [1.807, 2.05) is 6.07 Å². The number of hydrogen-bond acceptors (Lipinski definition) is 5. The number of thiophene rings is 1. The van der Waals surface area contributed by atoms with Crippen LogP contribution in [0.2, 0.25) is 0 Å². The van der Waals surface area contributed by atoms with Gasteiger partial charge in [-0.3, -0.25) is 14.5 Å². The van der Waals surface area contributed by atoms with Gasteiger partial charge in [0.15, 0.2) is 0 Å². The Labute approximate surface area is 148 Å². The van der Waals surface area contributed by atoms with Gasteiger partial charge in [0.05, 0.1) is 12.1 Å². The van der Waals surface area contributed by atoms with Gasteiger partial charge in [0, 0.05) is 18.7 Å². The summed E-state index contributed by atoms with van der Waals surface area (Å²) in [5.41, 5.74) is 0.949. The summed E-state index contributed by atoms with van der Waals surface area (Å²) in [5, 5.41) is 16.5. The highest BCUT2D eigenvalue weighted by atomic mass is 32.1. The zero-order valence-corrected chi connectivity index (χ0v) is 14.4. The standard InChI is InChI=1S/C17H17FN4O2S/c1-22(11-16(24)20-14-4-2-13(18)3-5-14)8-6-15(23)21-17-12(10-19)7-9-25-17/h2-5,7,9H,6,8,11H2,1H3,(H,20,24)(H,21,23). The van der Waals surface area contributed by atoms with E-state index in [-0.39, 0.29) is 30.6 Å². The van der Waals surface area contributed by atoms with Crippen molar-refractivity contribution in [2.24, 2.45) is 0 Å². The average Bonchev–Trinajstić information content (AvgIpc) is 3.02. The van der Waals surface area contributed by atoms with Crippen LogP contribution < -0.4 is 10.6 Å². The van der Waals surface area contributed by atoms with E-state index in [2.05, 4.69) is 10.6 Å². The zero-order chi connectivity index (χ0) is 18.2. The van der Waals surface area contributed by atoms with Crippen molar-refractivity contribution in [3.05, 3.63) is 47.1 Å². The molecule has 0 aliphatic carbocycles. The predicted molar refractivity (Wildman–Crippen MR) is 94.8 cm³/mol. The summed E-state index contributed by atoms with van der Waals surface area (Å²) in [6.07, 6.45) is 0.198. The van der Waals surface area contributed by atoms with E-state index in [0.29, 0.717) is 22.8 Å². The van der Waals surface area contributed by atoms with Gasteiger partial charge in [0.25, 0.3) is 0 Å². The highest BCUT2D eigenvalue weighted by Crippen LogP contribution is 2.22. The summed E-state index contributed by atoms with van der Waals surface area (Å²) in [5.74, 6) is -0.837. The van der Waals surface area contributed by atoms with Crippen molar-refractivity contribution in [2.75, 3.05) is 30.8 Å². The molecule has 1 aromatic carbocycles. The molecule has 0 radical (unpaired) electrons. The molecule has 8 heteroatoms. The number of hydrogen-bond donors (Lipinski definition) is 2. The molecule has 0 unspecified atom stereocenters. The lowest BCUT2D eigenvalue weighted by atomic mass is 10.3. The summed E-state index contributed by atoms with van der Waals surface area (Å²) in [4.78, 5) is 25.5. The first-order valence-electron chi connectivity index (χ1n) is 7.49. The van der Waals surface area contributed by atoms with Gasteiger partial charge in [-0.25, -0.2) is 4.39 Å². The number of carbonyl (C=O) groups excluding carboxylic acids is 2. The fourth-order valence-corrected chi connectivity index (χ4v) is 2.79. The summed E-state index contributed by atoms with van der Waals surface area (Å²) in [6.45, 7) is 0.489. The quantitative estimate of drug-likeness (QED) is 0.795. The molecule has 0 bridgehead atoms. The number of nitrogens with one attached hydrogen (secondary N) is 2. The van der Waals surface area contributed by atoms with E-state index >= 15 is 0 Å². The first-order valence-corrected chi connectivity index (χ1v) is 8.37. The van der Waals surface area contributed by atoms with E-state index in [4.69, 9.17) is 5.26 Å². The van der Waals surface area contributed by atoms with Crippen LogP contribution in [0.1, 0.15) is 12.0 Å². The molecule has 0 fully saturated rings. The van der Waals surface area contributed by atoms with Crippen LogP contribution in [0.5, 0.6) is 0 Å². The summed E-state index contributed by atoms with van der Waals surface area (Å²) < 4.78 is 12.8. The van der Waals surface area contributed by atoms with Crippen molar-refractivity contribution in [1.29, 1.82) is 5.26 Å². The number of anilines is 2. The van der Waals surface area contributed by atoms with Gasteiger partial charge in [0.1, 0.15) is 16.9 Å². The third kappa shape index (κ3) is 5.99. The van der Waals surface area contributed by atoms with Gasteiger partial charge in [0.2, 0.25) is 11.8 Å². The molecule has 130 valence electrons. The maximum absolute atomic E-state index is 12.8. The van der Waals surface area contributed by atoms with Crippen LogP contribution >= 0.6 is 11.3 Å². The third-order valence-electron chi connectivity index (χ3n) is 3.30. The van der Waals surface area contributed by atoms with Crippen LogP contribution in [0.15, 0.2) is 35.7 Å². The Bertz CT molecular complexity index is 783. The Balaban J connectivity index is 1.73. The number of likely N-dealkylation sites (N-methyl/N-ethyl adjacent to an activating group) is 1. The minimum Gasteiger partial charge on any atom is -0.325 e. The van der Waals surface area contributed by atoms with Gasteiger partial charge in [-0.05, 0) is 42.8 Å². The lowest BCUT2D eigenvalue weighted by molar-refractivity contribution is -0.119. The van der Waals surface area contributed by atoms with E-state index in [9.17, 15) is 14.0 Å². The molecule has 0 spiro atoms.